The number of carboxylic acid groups (broad SMARTS) is 1. The fourth-order valence-electron chi connectivity index (χ4n) is 3.15. The minimum atomic E-state index is -1.58. The molecule has 1 heterocycles. The molecule has 0 spiro atoms. The van der Waals surface area contributed by atoms with Crippen molar-refractivity contribution in [2.45, 2.75) is 44.9 Å². The van der Waals surface area contributed by atoms with Gasteiger partial charge in [-0.3, -0.25) is 9.59 Å². The van der Waals surface area contributed by atoms with E-state index in [2.05, 4.69) is 10.1 Å². The van der Waals surface area contributed by atoms with Crippen LogP contribution in [0.2, 0.25) is 0 Å². The van der Waals surface area contributed by atoms with Crippen LogP contribution in [0, 0.1) is 0 Å². The summed E-state index contributed by atoms with van der Waals surface area (Å²) in [5.41, 5.74) is 7.13. The summed E-state index contributed by atoms with van der Waals surface area (Å²) in [7, 11) is 0. The Morgan fingerprint density at radius 1 is 1.24 bits per heavy atom. The summed E-state index contributed by atoms with van der Waals surface area (Å²) in [6.45, 7) is 4.17. The van der Waals surface area contributed by atoms with Gasteiger partial charge in [0.05, 0.1) is 12.1 Å². The molecule has 3 atom stereocenters. The van der Waals surface area contributed by atoms with E-state index in [1.54, 1.807) is 4.90 Å². The van der Waals surface area contributed by atoms with Crippen LogP contribution in [0.3, 0.4) is 0 Å². The monoisotopic (exact) mass is 405 g/mol. The first kappa shape index (κ1) is 22.2. The van der Waals surface area contributed by atoms with Crippen LogP contribution in [0.5, 0.6) is 0 Å². The summed E-state index contributed by atoms with van der Waals surface area (Å²) in [5, 5.41) is 11.5. The standard InChI is InChI=1S/C20H27N3O6/c1-3-10-23(11-9-14-7-5-4-6-8-14)19(25)18-17(22-13(2)24)15(21)12-16(28-18)29-20(26)27/h4-8,12,15,17-18H,3,9-11,21H2,1-2H3,(H,22,24)(H,26,27)/t15-,17+,18+/m0/s1. The fourth-order valence-corrected chi connectivity index (χ4v) is 3.15. The first-order chi connectivity index (χ1) is 13.8. The van der Waals surface area contributed by atoms with E-state index in [9.17, 15) is 14.4 Å². The molecular weight excluding hydrogens is 378 g/mol. The van der Waals surface area contributed by atoms with Crippen molar-refractivity contribution in [3.8, 4) is 0 Å². The van der Waals surface area contributed by atoms with Crippen LogP contribution in [0.25, 0.3) is 0 Å². The molecule has 1 aromatic rings. The number of nitrogens with zero attached hydrogens (tertiary/aromatic N) is 1. The molecule has 9 heteroatoms. The summed E-state index contributed by atoms with van der Waals surface area (Å²) < 4.78 is 10.1. The molecule has 9 nitrogen and oxygen atoms in total. The van der Waals surface area contributed by atoms with Crippen LogP contribution >= 0.6 is 0 Å². The van der Waals surface area contributed by atoms with Crippen molar-refractivity contribution < 1.29 is 29.0 Å². The highest BCUT2D eigenvalue weighted by molar-refractivity contribution is 5.84. The zero-order valence-corrected chi connectivity index (χ0v) is 16.5. The molecule has 2 amide bonds. The van der Waals surface area contributed by atoms with E-state index in [0.717, 1.165) is 12.0 Å². The number of amides is 2. The predicted molar refractivity (Wildman–Crippen MR) is 105 cm³/mol. The van der Waals surface area contributed by atoms with Crippen LogP contribution in [0.4, 0.5) is 4.79 Å². The minimum absolute atomic E-state index is 0.371. The lowest BCUT2D eigenvalue weighted by atomic mass is 9.98. The van der Waals surface area contributed by atoms with Crippen molar-refractivity contribution in [2.75, 3.05) is 13.1 Å². The third-order valence-electron chi connectivity index (χ3n) is 4.43. The molecule has 29 heavy (non-hydrogen) atoms. The van der Waals surface area contributed by atoms with Crippen LogP contribution in [0.15, 0.2) is 42.4 Å². The van der Waals surface area contributed by atoms with Gasteiger partial charge in [0.2, 0.25) is 12.0 Å². The second-order valence-electron chi connectivity index (χ2n) is 6.76. The van der Waals surface area contributed by atoms with E-state index in [0.29, 0.717) is 19.5 Å². The Morgan fingerprint density at radius 3 is 2.52 bits per heavy atom. The largest absolute Gasteiger partial charge is 0.513 e. The van der Waals surface area contributed by atoms with E-state index < -0.39 is 30.3 Å². The van der Waals surface area contributed by atoms with E-state index in [-0.39, 0.29) is 11.9 Å². The van der Waals surface area contributed by atoms with Gasteiger partial charge in [0, 0.05) is 26.1 Å². The molecule has 1 aliphatic heterocycles. The number of ether oxygens (including phenoxy) is 2. The molecule has 0 unspecified atom stereocenters. The summed E-state index contributed by atoms with van der Waals surface area (Å²) in [6, 6.07) is 8.03. The maximum atomic E-state index is 13.2. The lowest BCUT2D eigenvalue weighted by molar-refractivity contribution is -0.148. The topological polar surface area (TPSA) is 131 Å². The molecular formula is C20H27N3O6. The Hall–Kier alpha value is -3.07. The van der Waals surface area contributed by atoms with E-state index in [4.69, 9.17) is 15.6 Å². The average Bonchev–Trinajstić information content (AvgIpc) is 2.66. The van der Waals surface area contributed by atoms with Gasteiger partial charge in [-0.25, -0.2) is 4.79 Å². The van der Waals surface area contributed by atoms with Gasteiger partial charge in [0.1, 0.15) is 0 Å². The first-order valence-corrected chi connectivity index (χ1v) is 9.46. The van der Waals surface area contributed by atoms with E-state index in [1.165, 1.54) is 13.0 Å². The molecule has 1 aromatic carbocycles. The zero-order valence-electron chi connectivity index (χ0n) is 16.5. The fraction of sp³-hybridized carbons (Fsp3) is 0.450. The number of nitrogens with one attached hydrogen (secondary N) is 1. The van der Waals surface area contributed by atoms with Gasteiger partial charge in [-0.15, -0.1) is 0 Å². The Balaban J connectivity index is 2.20. The normalized spacial score (nSPS) is 20.8. The Bertz CT molecular complexity index is 752. The molecule has 2 rings (SSSR count). The third kappa shape index (κ3) is 6.49. The summed E-state index contributed by atoms with van der Waals surface area (Å²) in [4.78, 5) is 37.3. The zero-order chi connectivity index (χ0) is 21.4. The van der Waals surface area contributed by atoms with Crippen molar-refractivity contribution in [1.29, 1.82) is 0 Å². The van der Waals surface area contributed by atoms with Crippen molar-refractivity contribution in [3.63, 3.8) is 0 Å². The van der Waals surface area contributed by atoms with Gasteiger partial charge < -0.3 is 30.5 Å². The second kappa shape index (κ2) is 10.5. The lowest BCUT2D eigenvalue weighted by Crippen LogP contribution is -2.61. The minimum Gasteiger partial charge on any atom is -0.449 e. The maximum Gasteiger partial charge on any atom is 0.513 e. The van der Waals surface area contributed by atoms with Crippen LogP contribution in [-0.4, -0.2) is 59.3 Å². The molecule has 0 aromatic heterocycles. The number of hydrogen-bond acceptors (Lipinski definition) is 6. The molecule has 0 saturated carbocycles. The van der Waals surface area contributed by atoms with Gasteiger partial charge in [0.25, 0.3) is 11.9 Å². The highest BCUT2D eigenvalue weighted by Crippen LogP contribution is 2.21. The molecule has 0 saturated heterocycles. The Morgan fingerprint density at radius 2 is 1.93 bits per heavy atom. The van der Waals surface area contributed by atoms with Crippen LogP contribution in [-0.2, 0) is 25.5 Å². The quantitative estimate of drug-likeness (QED) is 0.554. The summed E-state index contributed by atoms with van der Waals surface area (Å²) in [5.74, 6) is -1.14. The van der Waals surface area contributed by atoms with Gasteiger partial charge in [-0.05, 0) is 18.4 Å². The summed E-state index contributed by atoms with van der Waals surface area (Å²) >= 11 is 0. The van der Waals surface area contributed by atoms with Crippen LogP contribution in [0.1, 0.15) is 25.8 Å². The predicted octanol–water partition coefficient (Wildman–Crippen LogP) is 1.23. The molecule has 158 valence electrons. The van der Waals surface area contributed by atoms with Gasteiger partial charge in [0.15, 0.2) is 0 Å². The van der Waals surface area contributed by atoms with Gasteiger partial charge in [-0.1, -0.05) is 37.3 Å². The maximum absolute atomic E-state index is 13.2. The van der Waals surface area contributed by atoms with Crippen molar-refractivity contribution in [1.82, 2.24) is 10.2 Å². The highest BCUT2D eigenvalue weighted by atomic mass is 16.7. The smallest absolute Gasteiger partial charge is 0.449 e. The van der Waals surface area contributed by atoms with Crippen molar-refractivity contribution in [3.05, 3.63) is 47.9 Å². The highest BCUT2D eigenvalue weighted by Gasteiger charge is 2.41. The first-order valence-electron chi connectivity index (χ1n) is 9.46. The third-order valence-corrected chi connectivity index (χ3v) is 4.43. The van der Waals surface area contributed by atoms with Crippen molar-refractivity contribution in [2.24, 2.45) is 5.73 Å². The molecule has 1 aliphatic rings. The molecule has 0 fully saturated rings. The Kier molecular flexibility index (Phi) is 8.02. The number of nitrogens with two attached hydrogens (primary N) is 1. The molecule has 4 N–H and O–H groups in total. The second-order valence-corrected chi connectivity index (χ2v) is 6.76. The lowest BCUT2D eigenvalue weighted by Gasteiger charge is -2.36. The number of rotatable bonds is 8. The SMILES string of the molecule is CCCN(CCc1ccccc1)C(=O)[C@@H]1OC(OC(=O)O)=C[C@H](N)[C@H]1NC(C)=O. The number of carbonyl (C=O) groups is 3. The number of carbonyl (C=O) groups excluding carboxylic acids is 2. The summed E-state index contributed by atoms with van der Waals surface area (Å²) in [6.07, 6.45) is -0.187. The number of benzene rings is 1. The molecule has 0 bridgehead atoms. The van der Waals surface area contributed by atoms with E-state index >= 15 is 0 Å². The number of hydrogen-bond donors (Lipinski definition) is 3. The average molecular weight is 405 g/mol. The van der Waals surface area contributed by atoms with Crippen molar-refractivity contribution >= 4 is 18.0 Å². The molecule has 0 aliphatic carbocycles. The molecule has 0 radical (unpaired) electrons. The van der Waals surface area contributed by atoms with Gasteiger partial charge in [-0.2, -0.15) is 0 Å². The van der Waals surface area contributed by atoms with Crippen LogP contribution < -0.4 is 11.1 Å². The Labute approximate surface area is 169 Å². The van der Waals surface area contributed by atoms with E-state index in [1.807, 2.05) is 37.3 Å². The van der Waals surface area contributed by atoms with Gasteiger partial charge >= 0.3 is 6.16 Å².